The molecule has 2 aromatic heterocycles. The van der Waals surface area contributed by atoms with Gasteiger partial charge >= 0.3 is 6.09 Å². The molecular formula is C53H62N10O11S. The average molecular weight is 1050 g/mol. The van der Waals surface area contributed by atoms with E-state index in [9.17, 15) is 42.0 Å². The molecule has 0 spiro atoms. The minimum atomic E-state index is -3.95. The lowest BCUT2D eigenvalue weighted by molar-refractivity contribution is -0.136. The van der Waals surface area contributed by atoms with Gasteiger partial charge < -0.3 is 49.7 Å². The van der Waals surface area contributed by atoms with Gasteiger partial charge in [-0.3, -0.25) is 38.8 Å². The van der Waals surface area contributed by atoms with Crippen LogP contribution in [0, 0.1) is 0 Å². The summed E-state index contributed by atoms with van der Waals surface area (Å²) >= 11 is 0. The molecule has 3 aromatic carbocycles. The number of benzene rings is 3. The molecule has 0 aliphatic carbocycles. The molecule has 6 heterocycles. The number of hydrogen-bond acceptors (Lipinski definition) is 13. The van der Waals surface area contributed by atoms with Crippen LogP contribution in [0.2, 0.25) is 0 Å². The van der Waals surface area contributed by atoms with Crippen LogP contribution in [-0.4, -0.2) is 138 Å². The Morgan fingerprint density at radius 2 is 1.53 bits per heavy atom. The van der Waals surface area contributed by atoms with E-state index in [2.05, 4.69) is 35.9 Å². The summed E-state index contributed by atoms with van der Waals surface area (Å²) < 4.78 is 41.7. The van der Waals surface area contributed by atoms with Gasteiger partial charge in [-0.25, -0.2) is 13.2 Å². The first-order chi connectivity index (χ1) is 35.7. The number of pyridine rings is 1. The van der Waals surface area contributed by atoms with Crippen LogP contribution in [0.25, 0.3) is 22.0 Å². The van der Waals surface area contributed by atoms with Crippen molar-refractivity contribution < 1.29 is 46.7 Å². The summed E-state index contributed by atoms with van der Waals surface area (Å²) in [5.41, 5.74) is 2.06. The molecule has 75 heavy (non-hydrogen) atoms. The van der Waals surface area contributed by atoms with Gasteiger partial charge in [0.1, 0.15) is 34.4 Å². The fourth-order valence-electron chi connectivity index (χ4n) is 10.3. The maximum Gasteiger partial charge on any atom is 0.407 e. The highest BCUT2D eigenvalue weighted by Gasteiger charge is 2.40. The smallest absolute Gasteiger partial charge is 0.407 e. The first-order valence-corrected chi connectivity index (χ1v) is 27.0. The van der Waals surface area contributed by atoms with Gasteiger partial charge in [0.15, 0.2) is 0 Å². The van der Waals surface area contributed by atoms with E-state index in [1.807, 2.05) is 18.2 Å². The van der Waals surface area contributed by atoms with Crippen LogP contribution in [0.5, 0.6) is 11.5 Å². The lowest BCUT2D eigenvalue weighted by atomic mass is 9.96. The molecule has 21 nitrogen and oxygen atoms in total. The zero-order valence-electron chi connectivity index (χ0n) is 42.5. The summed E-state index contributed by atoms with van der Waals surface area (Å²) in [5.74, 6) is -1.32. The number of ether oxygens (including phenoxy) is 2. The van der Waals surface area contributed by atoms with E-state index in [1.165, 1.54) is 22.8 Å². The number of hydrogen-bond donors (Lipinski definition) is 6. The standard InChI is InChI=1S/C53H62N10O11S/c1-53(2,3)74-52(70)55-21-20-54-47(65)42-27-36-38(29-60(4)51(69)46(36)57-42)35-26-41(59-75(5,71)72)37(28-44(35)73-33-10-7-6-8-11-33)49(67)62-24-18-32(19-25-62)61-22-16-31(17-23-61)56-40-13-9-12-34-39(40)30-63(50(34)68)43-14-15-45(64)58-48(43)66/h6-13,26-29,31-32,43,56-57,59H,14-25,30H2,1-5H3,(H,54,65)(H,55,70)(H,58,64,66). The second-order valence-electron chi connectivity index (χ2n) is 20.5. The average Bonchev–Trinajstić information content (AvgIpc) is 3.96. The number of amides is 6. The Kier molecular flexibility index (Phi) is 14.8. The maximum absolute atomic E-state index is 14.7. The van der Waals surface area contributed by atoms with Gasteiger partial charge in [0.25, 0.3) is 23.3 Å². The van der Waals surface area contributed by atoms with Crippen LogP contribution in [-0.2, 0) is 37.9 Å². The van der Waals surface area contributed by atoms with E-state index in [4.69, 9.17) is 9.47 Å². The summed E-state index contributed by atoms with van der Waals surface area (Å²) in [6.45, 7) is 8.08. The SMILES string of the molecule is Cn1cc(-c2cc(NS(C)(=O)=O)c(C(=O)N3CCC(N4CCC(Nc5cccc6c5CN(C5CCC(=O)NC5=O)C6=O)CC4)CC3)cc2Oc2ccccc2)c2cc(C(=O)NCCNC(=O)OC(C)(C)C)[nH]c2c1=O. The van der Waals surface area contributed by atoms with E-state index in [1.54, 1.807) is 74.1 Å². The monoisotopic (exact) mass is 1050 g/mol. The van der Waals surface area contributed by atoms with Gasteiger partial charge in [-0.15, -0.1) is 0 Å². The van der Waals surface area contributed by atoms with Crippen molar-refractivity contribution in [2.45, 2.75) is 89.6 Å². The van der Waals surface area contributed by atoms with Gasteiger partial charge in [0.2, 0.25) is 21.8 Å². The topological polar surface area (TPSA) is 263 Å². The molecule has 3 fully saturated rings. The molecule has 0 radical (unpaired) electrons. The predicted octanol–water partition coefficient (Wildman–Crippen LogP) is 4.89. The van der Waals surface area contributed by atoms with Crippen molar-refractivity contribution in [2.24, 2.45) is 7.05 Å². The third kappa shape index (κ3) is 11.8. The summed E-state index contributed by atoms with van der Waals surface area (Å²) in [7, 11) is -2.41. The number of H-pyrrole nitrogens is 1. The van der Waals surface area contributed by atoms with Gasteiger partial charge in [0.05, 0.1) is 17.5 Å². The van der Waals surface area contributed by atoms with Crippen LogP contribution in [0.15, 0.2) is 77.7 Å². The predicted molar refractivity (Wildman–Crippen MR) is 280 cm³/mol. The van der Waals surface area contributed by atoms with Crippen LogP contribution in [0.1, 0.15) is 96.1 Å². The molecule has 1 atom stereocenters. The molecular weight excluding hydrogens is 985 g/mol. The van der Waals surface area contributed by atoms with E-state index >= 15 is 0 Å². The minimum absolute atomic E-state index is 0.000273. The third-order valence-corrected chi connectivity index (χ3v) is 14.5. The molecule has 5 aromatic rings. The number of anilines is 2. The van der Waals surface area contributed by atoms with Crippen LogP contribution in [0.3, 0.4) is 0 Å². The van der Waals surface area contributed by atoms with Crippen molar-refractivity contribution in [3.8, 4) is 22.6 Å². The molecule has 0 saturated carbocycles. The number of likely N-dealkylation sites (tertiary alicyclic amines) is 2. The number of imide groups is 1. The number of rotatable bonds is 14. The van der Waals surface area contributed by atoms with Crippen LogP contribution in [0.4, 0.5) is 16.2 Å². The van der Waals surface area contributed by atoms with Gasteiger partial charge in [0, 0.05) is 111 Å². The maximum atomic E-state index is 14.7. The Labute approximate surface area is 433 Å². The number of nitrogens with one attached hydrogen (secondary N) is 6. The van der Waals surface area contributed by atoms with Crippen molar-refractivity contribution >= 4 is 67.9 Å². The Morgan fingerprint density at radius 1 is 0.813 bits per heavy atom. The first kappa shape index (κ1) is 52.2. The molecule has 0 bridgehead atoms. The number of alkyl carbamates (subject to hydrolysis) is 1. The number of carbonyl (C=O) groups is 6. The summed E-state index contributed by atoms with van der Waals surface area (Å²) in [6.07, 6.45) is 5.47. The number of aromatic amines is 1. The summed E-state index contributed by atoms with van der Waals surface area (Å²) in [5, 5.41) is 11.7. The highest BCUT2D eigenvalue weighted by Crippen LogP contribution is 2.42. The molecule has 6 amide bonds. The Balaban J connectivity index is 0.903. The zero-order valence-corrected chi connectivity index (χ0v) is 43.4. The second-order valence-corrected chi connectivity index (χ2v) is 22.3. The molecule has 9 rings (SSSR count). The third-order valence-electron chi connectivity index (χ3n) is 13.9. The normalized spacial score (nSPS) is 17.9. The zero-order chi connectivity index (χ0) is 53.3. The molecule has 1 unspecified atom stereocenters. The van der Waals surface area contributed by atoms with Gasteiger partial charge in [-0.2, -0.15) is 0 Å². The number of carbonyl (C=O) groups excluding carboxylic acids is 6. The first-order valence-electron chi connectivity index (χ1n) is 25.1. The van der Waals surface area contributed by atoms with E-state index < -0.39 is 51.0 Å². The number of aryl methyl sites for hydroxylation is 1. The summed E-state index contributed by atoms with van der Waals surface area (Å²) in [4.78, 5) is 100. The lowest BCUT2D eigenvalue weighted by Crippen LogP contribution is -2.52. The van der Waals surface area contributed by atoms with E-state index in [0.717, 1.165) is 43.4 Å². The highest BCUT2D eigenvalue weighted by molar-refractivity contribution is 7.92. The molecule has 4 aliphatic rings. The summed E-state index contributed by atoms with van der Waals surface area (Å²) in [6, 6.07) is 18.6. The number of piperidine rings is 3. The fourth-order valence-corrected chi connectivity index (χ4v) is 10.9. The molecule has 396 valence electrons. The molecule has 3 saturated heterocycles. The lowest BCUT2D eigenvalue weighted by Gasteiger charge is -2.42. The molecule has 4 aliphatic heterocycles. The number of aromatic nitrogens is 2. The quantitative estimate of drug-likeness (QED) is 0.0640. The number of nitrogens with zero attached hydrogens (tertiary/aromatic N) is 4. The van der Waals surface area contributed by atoms with Gasteiger partial charge in [-0.1, -0.05) is 24.3 Å². The Bertz CT molecular complexity index is 3240. The van der Waals surface area contributed by atoms with Crippen LogP contribution >= 0.6 is 0 Å². The van der Waals surface area contributed by atoms with Crippen LogP contribution < -0.4 is 36.3 Å². The van der Waals surface area contributed by atoms with Crippen molar-refractivity contribution in [3.05, 3.63) is 106 Å². The van der Waals surface area contributed by atoms with E-state index in [0.29, 0.717) is 60.2 Å². The number of fused-ring (bicyclic) bond motifs is 2. The number of sulfonamides is 1. The van der Waals surface area contributed by atoms with Crippen molar-refractivity contribution in [2.75, 3.05) is 55.6 Å². The second kappa shape index (κ2) is 21.3. The van der Waals surface area contributed by atoms with E-state index in [-0.39, 0.29) is 78.2 Å². The van der Waals surface area contributed by atoms with Crippen molar-refractivity contribution in [3.63, 3.8) is 0 Å². The highest BCUT2D eigenvalue weighted by atomic mass is 32.2. The minimum Gasteiger partial charge on any atom is -0.457 e. The Morgan fingerprint density at radius 3 is 2.23 bits per heavy atom. The Hall–Kier alpha value is -7.72. The molecule has 6 N–H and O–H groups in total. The van der Waals surface area contributed by atoms with Crippen molar-refractivity contribution in [1.29, 1.82) is 0 Å². The number of para-hydroxylation sites is 1. The van der Waals surface area contributed by atoms with Crippen molar-refractivity contribution in [1.82, 2.24) is 40.2 Å². The largest absolute Gasteiger partial charge is 0.457 e. The van der Waals surface area contributed by atoms with Gasteiger partial charge in [-0.05, 0) is 95.3 Å². The molecule has 22 heteroatoms. The fraction of sp³-hybridized carbons (Fsp3) is 0.415.